The molecule has 0 fully saturated rings. The van der Waals surface area contributed by atoms with Crippen molar-refractivity contribution in [1.29, 1.82) is 0 Å². The summed E-state index contributed by atoms with van der Waals surface area (Å²) < 4.78 is 5.08. The lowest BCUT2D eigenvalue weighted by Gasteiger charge is -1.99. The van der Waals surface area contributed by atoms with Crippen LogP contribution in [0, 0.1) is 0 Å². The molecule has 0 aliphatic heterocycles. The first-order valence-electron chi connectivity index (χ1n) is 5.13. The summed E-state index contributed by atoms with van der Waals surface area (Å²) in [4.78, 5) is 20.3. The van der Waals surface area contributed by atoms with Gasteiger partial charge in [-0.3, -0.25) is 14.8 Å². The minimum Gasteiger partial charge on any atom is -0.461 e. The van der Waals surface area contributed by atoms with E-state index >= 15 is 0 Å². The fourth-order valence-electron chi connectivity index (χ4n) is 1.65. The zero-order chi connectivity index (χ0) is 11.7. The molecule has 82 valence electrons. The maximum atomic E-state index is 12.0. The van der Waals surface area contributed by atoms with Gasteiger partial charge in [-0.15, -0.1) is 0 Å². The lowest BCUT2D eigenvalue weighted by atomic mass is 10.1. The highest BCUT2D eigenvalue weighted by Crippen LogP contribution is 2.15. The number of hydrogen-bond donors (Lipinski definition) is 0. The number of benzene rings is 1. The van der Waals surface area contributed by atoms with E-state index < -0.39 is 0 Å². The van der Waals surface area contributed by atoms with E-state index in [2.05, 4.69) is 9.97 Å². The van der Waals surface area contributed by atoms with E-state index in [0.29, 0.717) is 16.8 Å². The Morgan fingerprint density at radius 1 is 1.06 bits per heavy atom. The van der Waals surface area contributed by atoms with Crippen LogP contribution in [0.15, 0.2) is 53.4 Å². The number of fused-ring (bicyclic) bond motifs is 1. The van der Waals surface area contributed by atoms with Crippen LogP contribution in [0.5, 0.6) is 0 Å². The fourth-order valence-corrected chi connectivity index (χ4v) is 1.65. The van der Waals surface area contributed by atoms with Crippen LogP contribution < -0.4 is 0 Å². The smallest absolute Gasteiger partial charge is 0.228 e. The Hall–Kier alpha value is -2.49. The second-order valence-corrected chi connectivity index (χ2v) is 3.57. The number of carbonyl (C=O) groups is 1. The van der Waals surface area contributed by atoms with Gasteiger partial charge in [-0.05, 0) is 30.3 Å². The van der Waals surface area contributed by atoms with Gasteiger partial charge >= 0.3 is 0 Å². The Labute approximate surface area is 96.9 Å². The molecule has 0 saturated carbocycles. The second-order valence-electron chi connectivity index (χ2n) is 3.57. The van der Waals surface area contributed by atoms with Crippen LogP contribution in [0.4, 0.5) is 0 Å². The molecule has 3 aromatic rings. The summed E-state index contributed by atoms with van der Waals surface area (Å²) in [5.74, 6) is 0.177. The minimum atomic E-state index is -0.150. The lowest BCUT2D eigenvalue weighted by Crippen LogP contribution is -1.99. The predicted molar refractivity (Wildman–Crippen MR) is 61.7 cm³/mol. The van der Waals surface area contributed by atoms with Gasteiger partial charge in [0.1, 0.15) is 0 Å². The van der Waals surface area contributed by atoms with Gasteiger partial charge in [0.2, 0.25) is 5.78 Å². The summed E-state index contributed by atoms with van der Waals surface area (Å²) in [6.45, 7) is 0. The molecule has 0 spiro atoms. The maximum Gasteiger partial charge on any atom is 0.228 e. The summed E-state index contributed by atoms with van der Waals surface area (Å²) in [5, 5.41) is 0. The Kier molecular flexibility index (Phi) is 2.19. The summed E-state index contributed by atoms with van der Waals surface area (Å²) in [6.07, 6.45) is 4.70. The molecule has 0 aliphatic rings. The SMILES string of the molecule is O=C(c1ccc2nccnc2c1)c1ccco1. The third-order valence-corrected chi connectivity index (χ3v) is 2.48. The standard InChI is InChI=1S/C13H8N2O2/c16-13(12-2-1-7-17-12)9-3-4-10-11(8-9)15-6-5-14-10/h1-8H. The van der Waals surface area contributed by atoms with Gasteiger partial charge in [-0.1, -0.05) is 0 Å². The van der Waals surface area contributed by atoms with Crippen LogP contribution in [0.1, 0.15) is 16.1 Å². The van der Waals surface area contributed by atoms with Gasteiger partial charge in [0.15, 0.2) is 5.76 Å². The lowest BCUT2D eigenvalue weighted by molar-refractivity contribution is 0.101. The highest BCUT2D eigenvalue weighted by molar-refractivity contribution is 6.08. The van der Waals surface area contributed by atoms with Crippen LogP contribution in [-0.2, 0) is 0 Å². The normalized spacial score (nSPS) is 10.6. The van der Waals surface area contributed by atoms with Crippen LogP contribution in [0.25, 0.3) is 11.0 Å². The van der Waals surface area contributed by atoms with Crippen LogP contribution >= 0.6 is 0 Å². The van der Waals surface area contributed by atoms with Crippen molar-refractivity contribution in [2.24, 2.45) is 0 Å². The number of rotatable bonds is 2. The zero-order valence-electron chi connectivity index (χ0n) is 8.83. The number of furan rings is 1. The number of carbonyl (C=O) groups excluding carboxylic acids is 1. The molecule has 4 nitrogen and oxygen atoms in total. The molecule has 0 saturated heterocycles. The first-order chi connectivity index (χ1) is 8.34. The van der Waals surface area contributed by atoms with Crippen molar-refractivity contribution in [2.75, 3.05) is 0 Å². The van der Waals surface area contributed by atoms with Crippen molar-refractivity contribution in [2.45, 2.75) is 0 Å². The van der Waals surface area contributed by atoms with Gasteiger partial charge in [-0.25, -0.2) is 0 Å². The fraction of sp³-hybridized carbons (Fsp3) is 0. The molecular formula is C13H8N2O2. The number of nitrogens with zero attached hydrogens (tertiary/aromatic N) is 2. The van der Waals surface area contributed by atoms with Crippen LogP contribution in [0.2, 0.25) is 0 Å². The minimum absolute atomic E-state index is 0.150. The third kappa shape index (κ3) is 1.69. The molecule has 0 aliphatic carbocycles. The van der Waals surface area contributed by atoms with Crippen molar-refractivity contribution in [3.8, 4) is 0 Å². The van der Waals surface area contributed by atoms with Crippen molar-refractivity contribution >= 4 is 16.8 Å². The molecule has 0 N–H and O–H groups in total. The topological polar surface area (TPSA) is 56.0 Å². The van der Waals surface area contributed by atoms with E-state index in [1.807, 2.05) is 0 Å². The monoisotopic (exact) mass is 224 g/mol. The largest absolute Gasteiger partial charge is 0.461 e. The van der Waals surface area contributed by atoms with Gasteiger partial charge in [0, 0.05) is 18.0 Å². The van der Waals surface area contributed by atoms with Gasteiger partial charge < -0.3 is 4.42 Å². The van der Waals surface area contributed by atoms with E-state index in [-0.39, 0.29) is 5.78 Å². The first-order valence-corrected chi connectivity index (χ1v) is 5.13. The Morgan fingerprint density at radius 3 is 2.65 bits per heavy atom. The molecule has 4 heteroatoms. The van der Waals surface area contributed by atoms with E-state index in [9.17, 15) is 4.79 Å². The van der Waals surface area contributed by atoms with Crippen molar-refractivity contribution in [3.05, 3.63) is 60.3 Å². The van der Waals surface area contributed by atoms with E-state index in [4.69, 9.17) is 4.42 Å². The highest BCUT2D eigenvalue weighted by Gasteiger charge is 2.12. The molecular weight excluding hydrogens is 216 g/mol. The van der Waals surface area contributed by atoms with E-state index in [1.165, 1.54) is 6.26 Å². The van der Waals surface area contributed by atoms with E-state index in [0.717, 1.165) is 5.52 Å². The van der Waals surface area contributed by atoms with Crippen molar-refractivity contribution in [1.82, 2.24) is 9.97 Å². The molecule has 3 rings (SSSR count). The summed E-state index contributed by atoms with van der Waals surface area (Å²) in [7, 11) is 0. The Bertz CT molecular complexity index is 675. The maximum absolute atomic E-state index is 12.0. The molecule has 1 aromatic carbocycles. The predicted octanol–water partition coefficient (Wildman–Crippen LogP) is 2.45. The zero-order valence-corrected chi connectivity index (χ0v) is 8.83. The molecule has 0 radical (unpaired) electrons. The van der Waals surface area contributed by atoms with Gasteiger partial charge in [0.05, 0.1) is 17.3 Å². The van der Waals surface area contributed by atoms with E-state index in [1.54, 1.807) is 42.7 Å². The second kappa shape index (κ2) is 3.83. The number of aromatic nitrogens is 2. The molecule has 0 bridgehead atoms. The third-order valence-electron chi connectivity index (χ3n) is 2.48. The quantitative estimate of drug-likeness (QED) is 0.627. The van der Waals surface area contributed by atoms with Crippen LogP contribution in [0.3, 0.4) is 0 Å². The molecule has 0 atom stereocenters. The van der Waals surface area contributed by atoms with Gasteiger partial charge in [0.25, 0.3) is 0 Å². The summed E-state index contributed by atoms with van der Waals surface area (Å²) in [6, 6.07) is 8.55. The molecule has 0 unspecified atom stereocenters. The average Bonchev–Trinajstić information content (AvgIpc) is 2.91. The van der Waals surface area contributed by atoms with Crippen molar-refractivity contribution in [3.63, 3.8) is 0 Å². The molecule has 0 amide bonds. The average molecular weight is 224 g/mol. The van der Waals surface area contributed by atoms with Gasteiger partial charge in [-0.2, -0.15) is 0 Å². The van der Waals surface area contributed by atoms with Crippen LogP contribution in [-0.4, -0.2) is 15.8 Å². The molecule has 2 aromatic heterocycles. The highest BCUT2D eigenvalue weighted by atomic mass is 16.3. The first kappa shape index (κ1) is 9.72. The summed E-state index contributed by atoms with van der Waals surface area (Å²) in [5.41, 5.74) is 2.02. The molecule has 17 heavy (non-hydrogen) atoms. The molecule has 2 heterocycles. The summed E-state index contributed by atoms with van der Waals surface area (Å²) >= 11 is 0. The van der Waals surface area contributed by atoms with Crippen molar-refractivity contribution < 1.29 is 9.21 Å². The number of hydrogen-bond acceptors (Lipinski definition) is 4. The Balaban J connectivity index is 2.09. The number of ketones is 1. The Morgan fingerprint density at radius 2 is 1.88 bits per heavy atom.